The first-order chi connectivity index (χ1) is 6.54. The average molecular weight is 199 g/mol. The molecule has 8 nitrogen and oxygen atoms in total. The summed E-state index contributed by atoms with van der Waals surface area (Å²) in [6.07, 6.45) is 1.19. The summed E-state index contributed by atoms with van der Waals surface area (Å²) in [4.78, 5) is 24.2. The Labute approximate surface area is 78.8 Å². The SMILES string of the molecule is Cc1nc([N+](=O)[O-])cn1CC(=O)NN. The third kappa shape index (κ3) is 2.04. The fourth-order valence-corrected chi connectivity index (χ4v) is 0.940. The molecule has 1 rings (SSSR count). The number of amides is 1. The molecule has 8 heteroatoms. The number of nitrogens with two attached hydrogens (primary N) is 1. The zero-order chi connectivity index (χ0) is 10.7. The first-order valence-corrected chi connectivity index (χ1v) is 3.72. The Morgan fingerprint density at radius 2 is 2.50 bits per heavy atom. The zero-order valence-corrected chi connectivity index (χ0v) is 7.43. The Hall–Kier alpha value is -1.96. The number of carbonyl (C=O) groups excluding carboxylic acids is 1. The number of nitrogens with one attached hydrogen (secondary N) is 1. The number of aryl methyl sites for hydroxylation is 1. The number of carbonyl (C=O) groups is 1. The molecule has 1 amide bonds. The number of nitrogens with zero attached hydrogens (tertiary/aromatic N) is 3. The highest BCUT2D eigenvalue weighted by molar-refractivity contribution is 5.75. The van der Waals surface area contributed by atoms with Gasteiger partial charge in [0.05, 0.1) is 0 Å². The Morgan fingerprint density at radius 3 is 2.93 bits per heavy atom. The highest BCUT2D eigenvalue weighted by Crippen LogP contribution is 2.09. The van der Waals surface area contributed by atoms with Crippen LogP contribution in [0.25, 0.3) is 0 Å². The van der Waals surface area contributed by atoms with E-state index in [-0.39, 0.29) is 12.4 Å². The molecule has 0 fully saturated rings. The van der Waals surface area contributed by atoms with Crippen LogP contribution in [-0.4, -0.2) is 20.4 Å². The summed E-state index contributed by atoms with van der Waals surface area (Å²) in [6, 6.07) is 0. The van der Waals surface area contributed by atoms with Crippen molar-refractivity contribution in [2.45, 2.75) is 13.5 Å². The Balaban J connectivity index is 2.88. The number of hydrogen-bond donors (Lipinski definition) is 2. The number of aromatic nitrogens is 2. The van der Waals surface area contributed by atoms with Crippen molar-refractivity contribution in [3.63, 3.8) is 0 Å². The van der Waals surface area contributed by atoms with Crippen LogP contribution in [0.1, 0.15) is 5.82 Å². The van der Waals surface area contributed by atoms with Gasteiger partial charge in [0.15, 0.2) is 0 Å². The molecule has 1 heterocycles. The minimum atomic E-state index is -0.621. The summed E-state index contributed by atoms with van der Waals surface area (Å²) < 4.78 is 1.35. The van der Waals surface area contributed by atoms with Gasteiger partial charge in [0.25, 0.3) is 5.91 Å². The summed E-state index contributed by atoms with van der Waals surface area (Å²) in [5.74, 6) is 4.53. The lowest BCUT2D eigenvalue weighted by Gasteiger charge is -1.99. The van der Waals surface area contributed by atoms with Gasteiger partial charge >= 0.3 is 5.82 Å². The van der Waals surface area contributed by atoms with Crippen molar-refractivity contribution in [2.75, 3.05) is 0 Å². The van der Waals surface area contributed by atoms with Crippen LogP contribution in [0.15, 0.2) is 6.20 Å². The lowest BCUT2D eigenvalue weighted by atomic mass is 10.5. The monoisotopic (exact) mass is 199 g/mol. The van der Waals surface area contributed by atoms with E-state index in [2.05, 4.69) is 4.98 Å². The predicted molar refractivity (Wildman–Crippen MR) is 45.9 cm³/mol. The average Bonchev–Trinajstić information content (AvgIpc) is 2.48. The van der Waals surface area contributed by atoms with Gasteiger partial charge in [-0.15, -0.1) is 0 Å². The van der Waals surface area contributed by atoms with Gasteiger partial charge in [-0.2, -0.15) is 0 Å². The van der Waals surface area contributed by atoms with Crippen LogP contribution in [0.4, 0.5) is 5.82 Å². The Morgan fingerprint density at radius 1 is 1.86 bits per heavy atom. The molecule has 0 aromatic carbocycles. The molecular formula is C6H9N5O3. The molecular weight excluding hydrogens is 190 g/mol. The molecule has 0 radical (unpaired) electrons. The van der Waals surface area contributed by atoms with E-state index in [1.807, 2.05) is 5.43 Å². The smallest absolute Gasteiger partial charge is 0.358 e. The molecule has 0 unspecified atom stereocenters. The summed E-state index contributed by atoms with van der Waals surface area (Å²) >= 11 is 0. The molecule has 1 aromatic rings. The molecule has 0 spiro atoms. The van der Waals surface area contributed by atoms with Crippen molar-refractivity contribution in [1.82, 2.24) is 15.0 Å². The molecule has 1 aromatic heterocycles. The van der Waals surface area contributed by atoms with E-state index in [4.69, 9.17) is 5.84 Å². The minimum Gasteiger partial charge on any atom is -0.358 e. The molecule has 0 bridgehead atoms. The molecule has 0 saturated heterocycles. The molecule has 0 aliphatic carbocycles. The summed E-state index contributed by atoms with van der Waals surface area (Å²) in [6.45, 7) is 1.49. The number of imidazole rings is 1. The van der Waals surface area contributed by atoms with Crippen LogP contribution in [0, 0.1) is 17.0 Å². The second kappa shape index (κ2) is 3.83. The third-order valence-corrected chi connectivity index (χ3v) is 1.63. The molecule has 0 atom stereocenters. The van der Waals surface area contributed by atoms with E-state index in [1.54, 1.807) is 6.92 Å². The maximum absolute atomic E-state index is 10.9. The van der Waals surface area contributed by atoms with Crippen LogP contribution in [0.2, 0.25) is 0 Å². The quantitative estimate of drug-likeness (QED) is 0.283. The molecule has 0 aliphatic heterocycles. The van der Waals surface area contributed by atoms with E-state index in [0.29, 0.717) is 5.82 Å². The van der Waals surface area contributed by atoms with Crippen LogP contribution < -0.4 is 11.3 Å². The fraction of sp³-hybridized carbons (Fsp3) is 0.333. The maximum atomic E-state index is 10.9. The Kier molecular flexibility index (Phi) is 2.77. The zero-order valence-electron chi connectivity index (χ0n) is 7.43. The van der Waals surface area contributed by atoms with Crippen LogP contribution in [-0.2, 0) is 11.3 Å². The number of hydrazine groups is 1. The van der Waals surface area contributed by atoms with Crippen molar-refractivity contribution in [3.8, 4) is 0 Å². The van der Waals surface area contributed by atoms with E-state index in [0.717, 1.165) is 0 Å². The normalized spacial score (nSPS) is 9.86. The molecule has 0 aliphatic rings. The van der Waals surface area contributed by atoms with Crippen molar-refractivity contribution >= 4 is 11.7 Å². The van der Waals surface area contributed by atoms with Gasteiger partial charge in [-0.25, -0.2) is 5.84 Å². The molecule has 76 valence electrons. The van der Waals surface area contributed by atoms with Gasteiger partial charge < -0.3 is 10.1 Å². The summed E-state index contributed by atoms with van der Waals surface area (Å²) in [5, 5.41) is 10.3. The largest absolute Gasteiger partial charge is 0.381 e. The van der Waals surface area contributed by atoms with E-state index in [1.165, 1.54) is 10.8 Å². The first-order valence-electron chi connectivity index (χ1n) is 3.72. The van der Waals surface area contributed by atoms with Gasteiger partial charge in [0.2, 0.25) is 5.82 Å². The second-order valence-electron chi connectivity index (χ2n) is 2.60. The lowest BCUT2D eigenvalue weighted by Crippen LogP contribution is -2.33. The molecule has 14 heavy (non-hydrogen) atoms. The maximum Gasteiger partial charge on any atom is 0.381 e. The first kappa shape index (κ1) is 10.1. The highest BCUT2D eigenvalue weighted by Gasteiger charge is 2.16. The number of hydrogen-bond acceptors (Lipinski definition) is 5. The summed E-state index contributed by atoms with van der Waals surface area (Å²) in [5.41, 5.74) is 1.92. The van der Waals surface area contributed by atoms with Crippen molar-refractivity contribution in [1.29, 1.82) is 0 Å². The predicted octanol–water partition coefficient (Wildman–Crippen LogP) is -0.910. The van der Waals surface area contributed by atoms with Gasteiger partial charge in [0, 0.05) is 6.92 Å². The van der Waals surface area contributed by atoms with E-state index < -0.39 is 10.8 Å². The molecule has 0 saturated carbocycles. The van der Waals surface area contributed by atoms with Crippen LogP contribution >= 0.6 is 0 Å². The summed E-state index contributed by atoms with van der Waals surface area (Å²) in [7, 11) is 0. The van der Waals surface area contributed by atoms with E-state index in [9.17, 15) is 14.9 Å². The Bertz CT molecular complexity index is 372. The minimum absolute atomic E-state index is 0.0802. The lowest BCUT2D eigenvalue weighted by molar-refractivity contribution is -0.389. The van der Waals surface area contributed by atoms with Crippen molar-refractivity contribution < 1.29 is 9.72 Å². The second-order valence-corrected chi connectivity index (χ2v) is 2.60. The van der Waals surface area contributed by atoms with Gasteiger partial charge in [-0.1, -0.05) is 0 Å². The van der Waals surface area contributed by atoms with E-state index >= 15 is 0 Å². The number of nitro groups is 1. The topological polar surface area (TPSA) is 116 Å². The van der Waals surface area contributed by atoms with Crippen molar-refractivity contribution in [2.24, 2.45) is 5.84 Å². The number of rotatable bonds is 3. The fourth-order valence-electron chi connectivity index (χ4n) is 0.940. The standard InChI is InChI=1S/C6H9N5O3/c1-4-8-5(11(13)14)2-10(4)3-6(12)9-7/h2H,3,7H2,1H3,(H,9,12). The van der Waals surface area contributed by atoms with Crippen molar-refractivity contribution in [3.05, 3.63) is 22.1 Å². The van der Waals surface area contributed by atoms with Crippen LogP contribution in [0.3, 0.4) is 0 Å². The van der Waals surface area contributed by atoms with Crippen LogP contribution in [0.5, 0.6) is 0 Å². The van der Waals surface area contributed by atoms with Gasteiger partial charge in [-0.3, -0.25) is 14.8 Å². The van der Waals surface area contributed by atoms with Gasteiger partial charge in [0.1, 0.15) is 12.7 Å². The third-order valence-electron chi connectivity index (χ3n) is 1.63. The van der Waals surface area contributed by atoms with Gasteiger partial charge in [-0.05, 0) is 9.91 Å². The highest BCUT2D eigenvalue weighted by atomic mass is 16.6. The molecule has 3 N–H and O–H groups in total.